The van der Waals surface area contributed by atoms with Crippen LogP contribution in [-0.4, -0.2) is 9.96 Å². The quantitative estimate of drug-likeness (QED) is 0.876. The van der Waals surface area contributed by atoms with Crippen LogP contribution in [0, 0.1) is 11.6 Å². The van der Waals surface area contributed by atoms with Crippen molar-refractivity contribution in [3.8, 4) is 0 Å². The van der Waals surface area contributed by atoms with Gasteiger partial charge in [0.2, 0.25) is 0 Å². The lowest BCUT2D eigenvalue weighted by Crippen LogP contribution is -2.02. The second kappa shape index (κ2) is 5.93. The van der Waals surface area contributed by atoms with Gasteiger partial charge in [-0.1, -0.05) is 12.1 Å². The van der Waals surface area contributed by atoms with Crippen molar-refractivity contribution in [3.05, 3.63) is 59.7 Å². The monoisotopic (exact) mass is 281 g/mol. The third-order valence-corrected chi connectivity index (χ3v) is 4.06. The van der Waals surface area contributed by atoms with Crippen LogP contribution in [0.25, 0.3) is 0 Å². The number of nitrogen functional groups attached to an aromatic ring is 1. The Bertz CT molecular complexity index is 599. The summed E-state index contributed by atoms with van der Waals surface area (Å²) in [5.74, 6) is -1.55. The number of rotatable bonds is 4. The Kier molecular flexibility index (Phi) is 4.27. The van der Waals surface area contributed by atoms with Crippen LogP contribution in [0.15, 0.2) is 47.4 Å². The second-order valence-corrected chi connectivity index (χ2v) is 5.69. The van der Waals surface area contributed by atoms with Gasteiger partial charge in [0.1, 0.15) is 0 Å². The lowest BCUT2D eigenvalue weighted by atomic mass is 10.2. The highest BCUT2D eigenvalue weighted by Gasteiger charge is 2.08. The molecule has 2 aromatic carbocycles. The van der Waals surface area contributed by atoms with Gasteiger partial charge in [-0.15, -0.1) is 0 Å². The molecule has 0 fully saturated rings. The van der Waals surface area contributed by atoms with E-state index in [0.29, 0.717) is 22.8 Å². The summed E-state index contributed by atoms with van der Waals surface area (Å²) in [7, 11) is -1.35. The van der Waals surface area contributed by atoms with Crippen molar-refractivity contribution < 1.29 is 13.0 Å². The summed E-state index contributed by atoms with van der Waals surface area (Å²) >= 11 is 0. The maximum absolute atomic E-state index is 13.0. The fourth-order valence-corrected chi connectivity index (χ4v) is 2.74. The van der Waals surface area contributed by atoms with Gasteiger partial charge in [0.15, 0.2) is 11.6 Å². The fraction of sp³-hybridized carbons (Fsp3) is 0.143. The molecular weight excluding hydrogens is 268 g/mol. The van der Waals surface area contributed by atoms with Crippen LogP contribution < -0.4 is 5.73 Å². The molecule has 2 nitrogen and oxygen atoms in total. The van der Waals surface area contributed by atoms with Gasteiger partial charge in [-0.05, 0) is 42.3 Å². The first-order valence-electron chi connectivity index (χ1n) is 5.74. The van der Waals surface area contributed by atoms with E-state index in [2.05, 4.69) is 0 Å². The molecule has 0 radical (unpaired) electrons. The number of hydrogen-bond acceptors (Lipinski definition) is 2. The summed E-state index contributed by atoms with van der Waals surface area (Å²) in [6, 6.07) is 10.6. The van der Waals surface area contributed by atoms with Crippen LogP contribution >= 0.6 is 0 Å². The Morgan fingerprint density at radius 2 is 1.68 bits per heavy atom. The number of nitrogens with two attached hydrogens (primary N) is 1. The molecule has 19 heavy (non-hydrogen) atoms. The molecule has 0 saturated carbocycles. The summed E-state index contributed by atoms with van der Waals surface area (Å²) < 4.78 is 37.7. The molecule has 100 valence electrons. The lowest BCUT2D eigenvalue weighted by Gasteiger charge is -2.04. The summed E-state index contributed by atoms with van der Waals surface area (Å²) in [6.07, 6.45) is 0.589. The molecule has 0 spiro atoms. The van der Waals surface area contributed by atoms with E-state index >= 15 is 0 Å². The minimum atomic E-state index is -1.35. The lowest BCUT2D eigenvalue weighted by molar-refractivity contribution is 0.505. The maximum atomic E-state index is 13.0. The summed E-state index contributed by atoms with van der Waals surface area (Å²) in [5, 5.41) is 0. The van der Waals surface area contributed by atoms with Gasteiger partial charge in [0.05, 0.1) is 10.8 Å². The van der Waals surface area contributed by atoms with Crippen LogP contribution in [-0.2, 0) is 17.2 Å². The number of benzene rings is 2. The maximum Gasteiger partial charge on any atom is 0.160 e. The molecule has 0 bridgehead atoms. The summed E-state index contributed by atoms with van der Waals surface area (Å²) in [5.41, 5.74) is 7.24. The second-order valence-electron chi connectivity index (χ2n) is 4.12. The van der Waals surface area contributed by atoms with Gasteiger partial charge in [0.25, 0.3) is 0 Å². The van der Waals surface area contributed by atoms with Gasteiger partial charge >= 0.3 is 0 Å². The van der Waals surface area contributed by atoms with Gasteiger partial charge in [0, 0.05) is 16.3 Å². The highest BCUT2D eigenvalue weighted by Crippen LogP contribution is 2.14. The summed E-state index contributed by atoms with van der Waals surface area (Å²) in [6.45, 7) is 0. The smallest absolute Gasteiger partial charge is 0.160 e. The third kappa shape index (κ3) is 3.61. The highest BCUT2D eigenvalue weighted by molar-refractivity contribution is 7.85. The van der Waals surface area contributed by atoms with Gasteiger partial charge in [-0.3, -0.25) is 4.21 Å². The standard InChI is InChI=1S/C14H13F2NOS/c15-13-6-5-12(9-14(13)16)19(18)8-7-10-1-3-11(17)4-2-10/h1-6,9H,7-8,17H2. The highest BCUT2D eigenvalue weighted by atomic mass is 32.2. The first kappa shape index (κ1) is 13.7. The first-order valence-corrected chi connectivity index (χ1v) is 7.06. The molecule has 1 unspecified atom stereocenters. The van der Waals surface area contributed by atoms with Crippen molar-refractivity contribution in [2.75, 3.05) is 11.5 Å². The molecule has 0 heterocycles. The zero-order valence-corrected chi connectivity index (χ0v) is 10.9. The average molecular weight is 281 g/mol. The molecule has 0 saturated heterocycles. The van der Waals surface area contributed by atoms with Crippen molar-refractivity contribution in [2.45, 2.75) is 11.3 Å². The van der Waals surface area contributed by atoms with E-state index in [0.717, 1.165) is 17.7 Å². The van der Waals surface area contributed by atoms with Gasteiger partial charge in [-0.2, -0.15) is 0 Å². The predicted molar refractivity (Wildman–Crippen MR) is 72.2 cm³/mol. The Morgan fingerprint density at radius 1 is 1.00 bits per heavy atom. The molecule has 0 aliphatic rings. The van der Waals surface area contributed by atoms with E-state index in [4.69, 9.17) is 5.73 Å². The fourth-order valence-electron chi connectivity index (χ4n) is 1.63. The molecule has 5 heteroatoms. The average Bonchev–Trinajstić information content (AvgIpc) is 2.41. The van der Waals surface area contributed by atoms with Crippen molar-refractivity contribution in [3.63, 3.8) is 0 Å². The van der Waals surface area contributed by atoms with Crippen LogP contribution in [0.3, 0.4) is 0 Å². The number of halogens is 2. The van der Waals surface area contributed by atoms with Gasteiger partial charge in [-0.25, -0.2) is 8.78 Å². The molecular formula is C14H13F2NOS. The van der Waals surface area contributed by atoms with E-state index in [1.807, 2.05) is 12.1 Å². The predicted octanol–water partition coefficient (Wildman–Crippen LogP) is 2.90. The molecule has 2 rings (SSSR count). The minimum Gasteiger partial charge on any atom is -0.399 e. The molecule has 0 aliphatic carbocycles. The number of anilines is 1. The van der Waals surface area contributed by atoms with E-state index in [1.165, 1.54) is 6.07 Å². The zero-order valence-electron chi connectivity index (χ0n) is 10.1. The van der Waals surface area contributed by atoms with Gasteiger partial charge < -0.3 is 5.73 Å². The van der Waals surface area contributed by atoms with E-state index in [9.17, 15) is 13.0 Å². The Balaban J connectivity index is 2.01. The zero-order chi connectivity index (χ0) is 13.8. The van der Waals surface area contributed by atoms with Crippen LogP contribution in [0.5, 0.6) is 0 Å². The van der Waals surface area contributed by atoms with Crippen LogP contribution in [0.1, 0.15) is 5.56 Å². The number of aryl methyl sites for hydroxylation is 1. The molecule has 2 aromatic rings. The Morgan fingerprint density at radius 3 is 2.32 bits per heavy atom. The van der Waals surface area contributed by atoms with Crippen LogP contribution in [0.4, 0.5) is 14.5 Å². The minimum absolute atomic E-state index is 0.300. The largest absolute Gasteiger partial charge is 0.399 e. The number of hydrogen-bond donors (Lipinski definition) is 1. The molecule has 1 atom stereocenters. The normalized spacial score (nSPS) is 12.3. The third-order valence-electron chi connectivity index (χ3n) is 2.71. The first-order chi connectivity index (χ1) is 9.06. The Labute approximate surface area is 112 Å². The SMILES string of the molecule is Nc1ccc(CCS(=O)c2ccc(F)c(F)c2)cc1. The van der Waals surface area contributed by atoms with Crippen LogP contribution in [0.2, 0.25) is 0 Å². The molecule has 0 aromatic heterocycles. The van der Waals surface area contributed by atoms with E-state index in [-0.39, 0.29) is 0 Å². The van der Waals surface area contributed by atoms with Crippen molar-refractivity contribution in [2.24, 2.45) is 0 Å². The van der Waals surface area contributed by atoms with E-state index in [1.54, 1.807) is 12.1 Å². The van der Waals surface area contributed by atoms with Crippen molar-refractivity contribution in [1.29, 1.82) is 0 Å². The van der Waals surface area contributed by atoms with E-state index < -0.39 is 22.4 Å². The Hall–Kier alpha value is -1.75. The van der Waals surface area contributed by atoms with Crippen molar-refractivity contribution >= 4 is 16.5 Å². The topological polar surface area (TPSA) is 43.1 Å². The van der Waals surface area contributed by atoms with Crippen molar-refractivity contribution in [1.82, 2.24) is 0 Å². The molecule has 0 amide bonds. The molecule has 0 aliphatic heterocycles. The summed E-state index contributed by atoms with van der Waals surface area (Å²) in [4.78, 5) is 0.300. The molecule has 2 N–H and O–H groups in total.